The van der Waals surface area contributed by atoms with Gasteiger partial charge in [-0.25, -0.2) is 4.79 Å². The molecule has 0 saturated carbocycles. The molecule has 0 amide bonds. The first-order valence-corrected chi connectivity index (χ1v) is 8.36. The topological polar surface area (TPSA) is 35.5 Å². The molecule has 126 valence electrons. The van der Waals surface area contributed by atoms with E-state index in [1.54, 1.807) is 30.3 Å². The molecule has 0 aliphatic carbocycles. The second-order valence-electron chi connectivity index (χ2n) is 5.29. The molecule has 0 N–H and O–H groups in total. The van der Waals surface area contributed by atoms with Gasteiger partial charge < -0.3 is 9.47 Å². The number of hydrogen-bond donors (Lipinski definition) is 0. The van der Waals surface area contributed by atoms with Crippen LogP contribution in [0.3, 0.4) is 0 Å². The van der Waals surface area contributed by atoms with E-state index in [2.05, 4.69) is 0 Å². The number of halogens is 1. The Hall–Kier alpha value is -2.78. The number of rotatable bonds is 5. The van der Waals surface area contributed by atoms with E-state index in [9.17, 15) is 4.79 Å². The van der Waals surface area contributed by atoms with E-state index < -0.39 is 5.97 Å². The molecule has 0 aromatic heterocycles. The van der Waals surface area contributed by atoms with Gasteiger partial charge in [-0.05, 0) is 31.2 Å². The highest BCUT2D eigenvalue weighted by atomic mass is 35.5. The van der Waals surface area contributed by atoms with Crippen LogP contribution in [0.25, 0.3) is 11.1 Å². The van der Waals surface area contributed by atoms with Gasteiger partial charge in [-0.3, -0.25) is 0 Å². The zero-order valence-electron chi connectivity index (χ0n) is 13.7. The summed E-state index contributed by atoms with van der Waals surface area (Å²) in [5.74, 6) is 0.706. The molecular formula is C21H17ClO3. The number of carbonyl (C=O) groups is 1. The zero-order valence-corrected chi connectivity index (χ0v) is 14.5. The van der Waals surface area contributed by atoms with Gasteiger partial charge in [-0.1, -0.05) is 60.1 Å². The van der Waals surface area contributed by atoms with Gasteiger partial charge in [-0.2, -0.15) is 0 Å². The molecule has 3 aromatic carbocycles. The van der Waals surface area contributed by atoms with Crippen LogP contribution in [0.1, 0.15) is 17.3 Å². The van der Waals surface area contributed by atoms with E-state index in [1.165, 1.54) is 0 Å². The second kappa shape index (κ2) is 7.86. The Kier molecular flexibility index (Phi) is 5.36. The van der Waals surface area contributed by atoms with Gasteiger partial charge in [0.25, 0.3) is 0 Å². The van der Waals surface area contributed by atoms with Crippen LogP contribution in [0.15, 0.2) is 72.8 Å². The third kappa shape index (κ3) is 3.83. The minimum Gasteiger partial charge on any atom is -0.493 e. The monoisotopic (exact) mass is 352 g/mol. The van der Waals surface area contributed by atoms with Crippen molar-refractivity contribution in [1.82, 2.24) is 0 Å². The van der Waals surface area contributed by atoms with E-state index in [-0.39, 0.29) is 0 Å². The zero-order chi connectivity index (χ0) is 17.6. The molecule has 4 heteroatoms. The van der Waals surface area contributed by atoms with Crippen molar-refractivity contribution in [3.63, 3.8) is 0 Å². The Labute approximate surface area is 151 Å². The number of carbonyl (C=O) groups excluding carboxylic acids is 1. The van der Waals surface area contributed by atoms with Crippen LogP contribution in [0.4, 0.5) is 0 Å². The lowest BCUT2D eigenvalue weighted by Gasteiger charge is -2.14. The summed E-state index contributed by atoms with van der Waals surface area (Å²) >= 11 is 6.09. The normalized spacial score (nSPS) is 10.3. The van der Waals surface area contributed by atoms with Crippen molar-refractivity contribution in [2.75, 3.05) is 6.61 Å². The predicted molar refractivity (Wildman–Crippen MR) is 99.5 cm³/mol. The van der Waals surface area contributed by atoms with Crippen molar-refractivity contribution in [2.24, 2.45) is 0 Å². The molecular weight excluding hydrogens is 336 g/mol. The first kappa shape index (κ1) is 17.1. The molecule has 3 aromatic rings. The number of esters is 1. The third-order valence-corrected chi connectivity index (χ3v) is 3.99. The molecule has 0 bridgehead atoms. The molecule has 0 atom stereocenters. The fourth-order valence-electron chi connectivity index (χ4n) is 2.53. The van der Waals surface area contributed by atoms with Crippen LogP contribution in [0.5, 0.6) is 11.5 Å². The van der Waals surface area contributed by atoms with Crippen LogP contribution in [0, 0.1) is 0 Å². The minimum absolute atomic E-state index is 0.331. The largest absolute Gasteiger partial charge is 0.493 e. The van der Waals surface area contributed by atoms with Gasteiger partial charge in [0.1, 0.15) is 11.5 Å². The standard InChI is InChI=1S/C21H17ClO3/c1-2-24-19-13-7-4-9-15(19)16-10-5-8-14-20(16)25-21(23)17-11-3-6-12-18(17)22/h3-14H,2H2,1H3. The van der Waals surface area contributed by atoms with Crippen LogP contribution in [-0.4, -0.2) is 12.6 Å². The third-order valence-electron chi connectivity index (χ3n) is 3.66. The van der Waals surface area contributed by atoms with E-state index in [4.69, 9.17) is 21.1 Å². The minimum atomic E-state index is -0.494. The van der Waals surface area contributed by atoms with Crippen molar-refractivity contribution in [1.29, 1.82) is 0 Å². The van der Waals surface area contributed by atoms with Crippen molar-refractivity contribution >= 4 is 17.6 Å². The first-order valence-electron chi connectivity index (χ1n) is 7.98. The molecule has 0 spiro atoms. The summed E-state index contributed by atoms with van der Waals surface area (Å²) in [5.41, 5.74) is 1.98. The molecule has 0 saturated heterocycles. The van der Waals surface area contributed by atoms with Gasteiger partial charge in [0.05, 0.1) is 17.2 Å². The van der Waals surface area contributed by atoms with E-state index in [1.807, 2.05) is 49.4 Å². The lowest BCUT2D eigenvalue weighted by molar-refractivity contribution is 0.0735. The van der Waals surface area contributed by atoms with Gasteiger partial charge >= 0.3 is 5.97 Å². The Bertz CT molecular complexity index is 890. The SMILES string of the molecule is CCOc1ccccc1-c1ccccc1OC(=O)c1ccccc1Cl. The summed E-state index contributed by atoms with van der Waals surface area (Å²) in [6.07, 6.45) is 0. The number of ether oxygens (including phenoxy) is 2. The van der Waals surface area contributed by atoms with Gasteiger partial charge in [-0.15, -0.1) is 0 Å². The number of hydrogen-bond acceptors (Lipinski definition) is 3. The summed E-state index contributed by atoms with van der Waals surface area (Å²) < 4.78 is 11.3. The quantitative estimate of drug-likeness (QED) is 0.441. The lowest BCUT2D eigenvalue weighted by Crippen LogP contribution is -2.09. The Morgan fingerprint density at radius 2 is 1.40 bits per heavy atom. The first-order chi connectivity index (χ1) is 12.2. The fourth-order valence-corrected chi connectivity index (χ4v) is 2.74. The van der Waals surface area contributed by atoms with Crippen molar-refractivity contribution in [3.05, 3.63) is 83.4 Å². The van der Waals surface area contributed by atoms with Gasteiger partial charge in [0.2, 0.25) is 0 Å². The molecule has 0 aliphatic heterocycles. The van der Waals surface area contributed by atoms with Crippen LogP contribution >= 0.6 is 11.6 Å². The molecule has 25 heavy (non-hydrogen) atoms. The molecule has 0 aliphatic rings. The Morgan fingerprint density at radius 1 is 0.840 bits per heavy atom. The van der Waals surface area contributed by atoms with Crippen molar-refractivity contribution < 1.29 is 14.3 Å². The van der Waals surface area contributed by atoms with Crippen LogP contribution in [-0.2, 0) is 0 Å². The molecule has 0 fully saturated rings. The highest BCUT2D eigenvalue weighted by molar-refractivity contribution is 6.33. The smallest absolute Gasteiger partial charge is 0.345 e. The average Bonchev–Trinajstić information content (AvgIpc) is 2.63. The average molecular weight is 353 g/mol. The van der Waals surface area contributed by atoms with Crippen LogP contribution < -0.4 is 9.47 Å². The van der Waals surface area contributed by atoms with Gasteiger partial charge in [0.15, 0.2) is 0 Å². The Balaban J connectivity index is 1.98. The maximum atomic E-state index is 12.5. The summed E-state index contributed by atoms with van der Waals surface area (Å²) in [5, 5.41) is 0.361. The number of para-hydroxylation sites is 2. The number of benzene rings is 3. The predicted octanol–water partition coefficient (Wildman–Crippen LogP) is 5.62. The maximum absolute atomic E-state index is 12.5. The van der Waals surface area contributed by atoms with E-state index >= 15 is 0 Å². The fraction of sp³-hybridized carbons (Fsp3) is 0.0952. The summed E-state index contributed by atoms with van der Waals surface area (Å²) in [6, 6.07) is 21.9. The second-order valence-corrected chi connectivity index (χ2v) is 5.70. The van der Waals surface area contributed by atoms with E-state index in [0.717, 1.165) is 16.9 Å². The van der Waals surface area contributed by atoms with E-state index in [0.29, 0.717) is 22.9 Å². The maximum Gasteiger partial charge on any atom is 0.345 e. The van der Waals surface area contributed by atoms with Gasteiger partial charge in [0, 0.05) is 11.1 Å². The molecule has 3 nitrogen and oxygen atoms in total. The molecule has 0 unspecified atom stereocenters. The highest BCUT2D eigenvalue weighted by Gasteiger charge is 2.16. The van der Waals surface area contributed by atoms with Crippen molar-refractivity contribution in [2.45, 2.75) is 6.92 Å². The van der Waals surface area contributed by atoms with Crippen LogP contribution in [0.2, 0.25) is 5.02 Å². The highest BCUT2D eigenvalue weighted by Crippen LogP contribution is 2.36. The summed E-state index contributed by atoms with van der Waals surface area (Å²) in [4.78, 5) is 12.5. The summed E-state index contributed by atoms with van der Waals surface area (Å²) in [6.45, 7) is 2.48. The summed E-state index contributed by atoms with van der Waals surface area (Å²) in [7, 11) is 0. The molecule has 0 radical (unpaired) electrons. The van der Waals surface area contributed by atoms with Crippen molar-refractivity contribution in [3.8, 4) is 22.6 Å². The lowest BCUT2D eigenvalue weighted by atomic mass is 10.0. The molecule has 0 heterocycles. The Morgan fingerprint density at radius 3 is 2.08 bits per heavy atom. The molecule has 3 rings (SSSR count).